The highest BCUT2D eigenvalue weighted by atomic mass is 127. The second-order valence-corrected chi connectivity index (χ2v) is 6.25. The maximum absolute atomic E-state index is 5.74. The van der Waals surface area contributed by atoms with E-state index in [1.165, 1.54) is 11.1 Å². The predicted octanol–water partition coefficient (Wildman–Crippen LogP) is 3.97. The van der Waals surface area contributed by atoms with Crippen molar-refractivity contribution in [1.82, 2.24) is 10.6 Å². The van der Waals surface area contributed by atoms with Crippen molar-refractivity contribution in [3.05, 3.63) is 65.7 Å². The smallest absolute Gasteiger partial charge is 0.191 e. The van der Waals surface area contributed by atoms with Gasteiger partial charge in [-0.1, -0.05) is 48.5 Å². The number of guanidine groups is 1. The second kappa shape index (κ2) is 11.1. The largest absolute Gasteiger partial charge is 0.493 e. The molecular formula is C21H28IN3O. The summed E-state index contributed by atoms with van der Waals surface area (Å²) in [7, 11) is 0. The van der Waals surface area contributed by atoms with Gasteiger partial charge in [-0.05, 0) is 37.0 Å². The van der Waals surface area contributed by atoms with E-state index in [0.717, 1.165) is 50.8 Å². The van der Waals surface area contributed by atoms with E-state index in [9.17, 15) is 0 Å². The van der Waals surface area contributed by atoms with Gasteiger partial charge in [0.15, 0.2) is 5.96 Å². The van der Waals surface area contributed by atoms with Crippen molar-refractivity contribution >= 4 is 29.9 Å². The van der Waals surface area contributed by atoms with Gasteiger partial charge in [-0.3, -0.25) is 4.99 Å². The minimum atomic E-state index is 0. The van der Waals surface area contributed by atoms with Crippen molar-refractivity contribution in [2.24, 2.45) is 4.99 Å². The Bertz CT molecular complexity index is 691. The van der Waals surface area contributed by atoms with Crippen molar-refractivity contribution in [2.75, 3.05) is 26.2 Å². The molecule has 5 heteroatoms. The summed E-state index contributed by atoms with van der Waals surface area (Å²) in [6, 6.07) is 18.8. The predicted molar refractivity (Wildman–Crippen MR) is 119 cm³/mol. The van der Waals surface area contributed by atoms with Crippen molar-refractivity contribution in [1.29, 1.82) is 0 Å². The van der Waals surface area contributed by atoms with Crippen molar-refractivity contribution in [2.45, 2.75) is 25.7 Å². The maximum Gasteiger partial charge on any atom is 0.191 e. The number of hydrogen-bond acceptors (Lipinski definition) is 2. The van der Waals surface area contributed by atoms with Gasteiger partial charge in [0.25, 0.3) is 0 Å². The molecule has 2 N–H and O–H groups in total. The van der Waals surface area contributed by atoms with E-state index < -0.39 is 0 Å². The minimum Gasteiger partial charge on any atom is -0.493 e. The highest BCUT2D eigenvalue weighted by Crippen LogP contribution is 2.33. The first-order valence-corrected chi connectivity index (χ1v) is 9.14. The van der Waals surface area contributed by atoms with Crippen LogP contribution in [0.25, 0.3) is 0 Å². The summed E-state index contributed by atoms with van der Waals surface area (Å²) in [4.78, 5) is 4.81. The van der Waals surface area contributed by atoms with Gasteiger partial charge >= 0.3 is 0 Å². The summed E-state index contributed by atoms with van der Waals surface area (Å²) in [5.41, 5.74) is 2.61. The first-order valence-electron chi connectivity index (χ1n) is 9.14. The molecule has 0 saturated heterocycles. The molecule has 0 amide bonds. The average Bonchev–Trinajstić information content (AvgIpc) is 2.67. The molecule has 0 aromatic heterocycles. The molecule has 1 aliphatic heterocycles. The van der Waals surface area contributed by atoms with Gasteiger partial charge in [0.1, 0.15) is 5.75 Å². The van der Waals surface area contributed by atoms with Crippen LogP contribution in [0, 0.1) is 0 Å². The highest BCUT2D eigenvalue weighted by Gasteiger charge is 2.20. The fraction of sp³-hybridized carbons (Fsp3) is 0.381. The number of halogens is 1. The monoisotopic (exact) mass is 465 g/mol. The number of nitrogens with zero attached hydrogens (tertiary/aromatic N) is 1. The quantitative estimate of drug-likeness (QED) is 0.386. The molecule has 1 unspecified atom stereocenters. The number of aliphatic imine (C=N–C) groups is 1. The van der Waals surface area contributed by atoms with Crippen molar-refractivity contribution in [3.8, 4) is 5.75 Å². The molecule has 140 valence electrons. The molecule has 0 spiro atoms. The molecule has 4 nitrogen and oxygen atoms in total. The Balaban J connectivity index is 0.00000243. The Morgan fingerprint density at radius 3 is 2.65 bits per heavy atom. The number of benzene rings is 2. The van der Waals surface area contributed by atoms with Gasteiger partial charge in [-0.25, -0.2) is 0 Å². The summed E-state index contributed by atoms with van der Waals surface area (Å²) in [6.45, 7) is 5.39. The van der Waals surface area contributed by atoms with Crippen LogP contribution >= 0.6 is 24.0 Å². The third kappa shape index (κ3) is 5.90. The molecule has 2 aromatic carbocycles. The summed E-state index contributed by atoms with van der Waals surface area (Å²) in [6.07, 6.45) is 2.01. The molecule has 0 saturated carbocycles. The normalized spacial score (nSPS) is 16.0. The zero-order valence-electron chi connectivity index (χ0n) is 15.3. The average molecular weight is 465 g/mol. The Labute approximate surface area is 173 Å². The van der Waals surface area contributed by atoms with E-state index in [1.54, 1.807) is 0 Å². The maximum atomic E-state index is 5.74. The van der Waals surface area contributed by atoms with Crippen LogP contribution in [0.4, 0.5) is 0 Å². The molecule has 0 fully saturated rings. The lowest BCUT2D eigenvalue weighted by Crippen LogP contribution is -2.38. The summed E-state index contributed by atoms with van der Waals surface area (Å²) in [5.74, 6) is 2.33. The molecule has 1 heterocycles. The fourth-order valence-corrected chi connectivity index (χ4v) is 3.12. The Morgan fingerprint density at radius 1 is 1.08 bits per heavy atom. The third-order valence-corrected chi connectivity index (χ3v) is 4.45. The van der Waals surface area contributed by atoms with E-state index in [2.05, 4.69) is 60.0 Å². The Hall–Kier alpha value is -1.76. The van der Waals surface area contributed by atoms with E-state index in [-0.39, 0.29) is 24.0 Å². The lowest BCUT2D eigenvalue weighted by atomic mass is 9.93. The molecule has 0 radical (unpaired) electrons. The van der Waals surface area contributed by atoms with Crippen LogP contribution in [-0.2, 0) is 6.42 Å². The van der Waals surface area contributed by atoms with Gasteiger partial charge < -0.3 is 15.4 Å². The lowest BCUT2D eigenvalue weighted by Gasteiger charge is -2.25. The Kier molecular flexibility index (Phi) is 8.74. The lowest BCUT2D eigenvalue weighted by molar-refractivity contribution is 0.269. The topological polar surface area (TPSA) is 45.7 Å². The molecule has 1 atom stereocenters. The van der Waals surface area contributed by atoms with Crippen LogP contribution in [0.5, 0.6) is 5.75 Å². The number of ether oxygens (including phenoxy) is 1. The highest BCUT2D eigenvalue weighted by molar-refractivity contribution is 14.0. The second-order valence-electron chi connectivity index (χ2n) is 6.25. The van der Waals surface area contributed by atoms with Crippen LogP contribution in [0.2, 0.25) is 0 Å². The zero-order chi connectivity index (χ0) is 17.3. The van der Waals surface area contributed by atoms with Gasteiger partial charge in [0.05, 0.1) is 6.61 Å². The Morgan fingerprint density at radius 2 is 1.85 bits per heavy atom. The van der Waals surface area contributed by atoms with E-state index in [0.29, 0.717) is 5.92 Å². The molecule has 0 aliphatic carbocycles. The molecule has 1 aliphatic rings. The number of hydrogen-bond donors (Lipinski definition) is 2. The van der Waals surface area contributed by atoms with Crippen LogP contribution in [0.3, 0.4) is 0 Å². The first kappa shape index (κ1) is 20.6. The van der Waals surface area contributed by atoms with Gasteiger partial charge in [-0.2, -0.15) is 0 Å². The fourth-order valence-electron chi connectivity index (χ4n) is 3.12. The van der Waals surface area contributed by atoms with Crippen LogP contribution in [0.15, 0.2) is 59.6 Å². The molecule has 2 aromatic rings. The standard InChI is InChI=1S/C21H27N3O.HI/c1-2-22-21(23-14-12-17-8-4-3-5-9-17)24-16-18-13-15-25-20-11-7-6-10-19(18)20;/h3-11,18H,2,12-16H2,1H3,(H2,22,23,24);1H. The first-order chi connectivity index (χ1) is 12.4. The number of fused-ring (bicyclic) bond motifs is 1. The zero-order valence-corrected chi connectivity index (χ0v) is 17.6. The van der Waals surface area contributed by atoms with Gasteiger partial charge in [-0.15, -0.1) is 24.0 Å². The molecule has 26 heavy (non-hydrogen) atoms. The molecular weight excluding hydrogens is 437 g/mol. The number of nitrogens with one attached hydrogen (secondary N) is 2. The summed E-state index contributed by atoms with van der Waals surface area (Å²) < 4.78 is 5.74. The van der Waals surface area contributed by atoms with Crippen LogP contribution < -0.4 is 15.4 Å². The van der Waals surface area contributed by atoms with Crippen LogP contribution in [0.1, 0.15) is 30.4 Å². The van der Waals surface area contributed by atoms with Crippen molar-refractivity contribution < 1.29 is 4.74 Å². The SMILES string of the molecule is CCNC(=NCC1CCOc2ccccc21)NCCc1ccccc1.I. The summed E-state index contributed by atoms with van der Waals surface area (Å²) >= 11 is 0. The number of rotatable bonds is 6. The molecule has 0 bridgehead atoms. The van der Waals surface area contributed by atoms with E-state index >= 15 is 0 Å². The van der Waals surface area contributed by atoms with Gasteiger partial charge in [0, 0.05) is 25.6 Å². The van der Waals surface area contributed by atoms with Crippen LogP contribution in [-0.4, -0.2) is 32.2 Å². The summed E-state index contributed by atoms with van der Waals surface area (Å²) in [5, 5.41) is 6.78. The molecule has 3 rings (SSSR count). The number of para-hydroxylation sites is 1. The van der Waals surface area contributed by atoms with E-state index in [1.807, 2.05) is 12.1 Å². The van der Waals surface area contributed by atoms with E-state index in [4.69, 9.17) is 9.73 Å². The minimum absolute atomic E-state index is 0. The third-order valence-electron chi connectivity index (χ3n) is 4.45. The van der Waals surface area contributed by atoms with Crippen molar-refractivity contribution in [3.63, 3.8) is 0 Å². The van der Waals surface area contributed by atoms with Gasteiger partial charge in [0.2, 0.25) is 0 Å².